The minimum atomic E-state index is -3.15. The lowest BCUT2D eigenvalue weighted by atomic mass is 10.3. The lowest BCUT2D eigenvalue weighted by Crippen LogP contribution is -2.15. The highest BCUT2D eigenvalue weighted by molar-refractivity contribution is 7.91. The normalized spacial score (nSPS) is 11.7. The number of nitrogens with zero attached hydrogens (tertiary/aromatic N) is 3. The maximum atomic E-state index is 11.4. The molecule has 0 saturated carbocycles. The molecule has 0 aliphatic carbocycles. The van der Waals surface area contributed by atoms with E-state index < -0.39 is 14.8 Å². The Morgan fingerprint density at radius 1 is 1.44 bits per heavy atom. The number of aromatic nitrogens is 2. The Hall–Kier alpha value is -1.15. The van der Waals surface area contributed by atoms with Crippen LogP contribution in [0.2, 0.25) is 5.15 Å². The molecular formula is C9H14ClN3O4S. The summed E-state index contributed by atoms with van der Waals surface area (Å²) in [5.41, 5.74) is 0.0203. The molecule has 1 heterocycles. The Morgan fingerprint density at radius 2 is 2.06 bits per heavy atom. The molecule has 0 aliphatic heterocycles. The van der Waals surface area contributed by atoms with Crippen molar-refractivity contribution in [3.63, 3.8) is 0 Å². The fraction of sp³-hybridized carbons (Fsp3) is 0.667. The van der Waals surface area contributed by atoms with Gasteiger partial charge in [-0.05, 0) is 6.42 Å². The van der Waals surface area contributed by atoms with E-state index in [1.165, 1.54) is 4.68 Å². The van der Waals surface area contributed by atoms with E-state index >= 15 is 0 Å². The average molecular weight is 296 g/mol. The summed E-state index contributed by atoms with van der Waals surface area (Å²) in [5.74, 6) is -0.111. The first kappa shape index (κ1) is 14.9. The molecular weight excluding hydrogens is 282 g/mol. The Kier molecular flexibility index (Phi) is 4.69. The second-order valence-electron chi connectivity index (χ2n) is 3.66. The number of sulfone groups is 1. The molecule has 18 heavy (non-hydrogen) atoms. The van der Waals surface area contributed by atoms with Crippen molar-refractivity contribution in [1.29, 1.82) is 0 Å². The van der Waals surface area contributed by atoms with Crippen molar-refractivity contribution in [3.8, 4) is 0 Å². The summed E-state index contributed by atoms with van der Waals surface area (Å²) in [5, 5.41) is 14.7. The summed E-state index contributed by atoms with van der Waals surface area (Å²) in [4.78, 5) is 10.2. The SMILES string of the molecule is CCc1nn(CCS(=O)(=O)CC)c(Cl)c1[N+](=O)[O-]. The van der Waals surface area contributed by atoms with Gasteiger partial charge in [0.2, 0.25) is 5.15 Å². The van der Waals surface area contributed by atoms with Crippen LogP contribution in [0.25, 0.3) is 0 Å². The highest BCUT2D eigenvalue weighted by Gasteiger charge is 2.25. The van der Waals surface area contributed by atoms with Gasteiger partial charge in [0.15, 0.2) is 9.84 Å². The largest absolute Gasteiger partial charge is 0.329 e. The van der Waals surface area contributed by atoms with E-state index in [2.05, 4.69) is 5.10 Å². The van der Waals surface area contributed by atoms with Gasteiger partial charge in [0, 0.05) is 5.75 Å². The fourth-order valence-corrected chi connectivity index (χ4v) is 2.46. The van der Waals surface area contributed by atoms with Gasteiger partial charge in [-0.25, -0.2) is 13.1 Å². The predicted octanol–water partition coefficient (Wildman–Crippen LogP) is 1.44. The summed E-state index contributed by atoms with van der Waals surface area (Å²) in [6.45, 7) is 3.29. The van der Waals surface area contributed by atoms with Crippen LogP contribution in [0, 0.1) is 10.1 Å². The molecule has 7 nitrogen and oxygen atoms in total. The van der Waals surface area contributed by atoms with Crippen molar-refractivity contribution >= 4 is 27.1 Å². The maximum Gasteiger partial charge on any atom is 0.329 e. The van der Waals surface area contributed by atoms with Crippen LogP contribution in [0.1, 0.15) is 19.5 Å². The molecule has 0 aliphatic rings. The lowest BCUT2D eigenvalue weighted by Gasteiger charge is -2.02. The van der Waals surface area contributed by atoms with Crippen LogP contribution in [0.15, 0.2) is 0 Å². The highest BCUT2D eigenvalue weighted by Crippen LogP contribution is 2.28. The molecule has 1 rings (SSSR count). The van der Waals surface area contributed by atoms with Crippen molar-refractivity contribution in [2.75, 3.05) is 11.5 Å². The van der Waals surface area contributed by atoms with Gasteiger partial charge in [0.05, 0.1) is 17.2 Å². The molecule has 0 bridgehead atoms. The monoisotopic (exact) mass is 295 g/mol. The van der Waals surface area contributed by atoms with Gasteiger partial charge in [-0.15, -0.1) is 0 Å². The quantitative estimate of drug-likeness (QED) is 0.584. The predicted molar refractivity (Wildman–Crippen MR) is 67.6 cm³/mol. The van der Waals surface area contributed by atoms with Gasteiger partial charge in [-0.3, -0.25) is 10.1 Å². The third kappa shape index (κ3) is 3.20. The van der Waals surface area contributed by atoms with Crippen LogP contribution in [-0.4, -0.2) is 34.6 Å². The van der Waals surface area contributed by atoms with Crippen molar-refractivity contribution in [2.24, 2.45) is 0 Å². The Bertz CT molecular complexity index is 552. The Labute approximate surface area is 110 Å². The standard InChI is InChI=1S/C9H14ClN3O4S/c1-3-7-8(13(14)15)9(10)12(11-7)5-6-18(16,17)4-2/h3-6H2,1-2H3. The summed E-state index contributed by atoms with van der Waals surface area (Å²) < 4.78 is 23.9. The van der Waals surface area contributed by atoms with Crippen LogP contribution in [-0.2, 0) is 22.8 Å². The summed E-state index contributed by atoms with van der Waals surface area (Å²) >= 11 is 5.84. The van der Waals surface area contributed by atoms with E-state index in [1.54, 1.807) is 13.8 Å². The van der Waals surface area contributed by atoms with Gasteiger partial charge < -0.3 is 0 Å². The van der Waals surface area contributed by atoms with Gasteiger partial charge in [-0.1, -0.05) is 25.4 Å². The maximum absolute atomic E-state index is 11.4. The third-order valence-electron chi connectivity index (χ3n) is 2.51. The first-order chi connectivity index (χ1) is 8.32. The van der Waals surface area contributed by atoms with Crippen LogP contribution in [0.4, 0.5) is 5.69 Å². The molecule has 0 atom stereocenters. The Morgan fingerprint density at radius 3 is 2.44 bits per heavy atom. The van der Waals surface area contributed by atoms with Crippen LogP contribution < -0.4 is 0 Å². The van der Waals surface area contributed by atoms with Crippen LogP contribution in [0.5, 0.6) is 0 Å². The second kappa shape index (κ2) is 5.66. The number of hydrogen-bond donors (Lipinski definition) is 0. The van der Waals surface area contributed by atoms with Crippen molar-refractivity contribution in [1.82, 2.24) is 9.78 Å². The molecule has 0 amide bonds. The van der Waals surface area contributed by atoms with Gasteiger partial charge in [0.1, 0.15) is 5.69 Å². The minimum Gasteiger partial charge on any atom is -0.258 e. The molecule has 1 aromatic rings. The molecule has 0 fully saturated rings. The zero-order valence-electron chi connectivity index (χ0n) is 10.1. The van der Waals surface area contributed by atoms with Crippen LogP contribution >= 0.6 is 11.6 Å². The van der Waals surface area contributed by atoms with E-state index in [-0.39, 0.29) is 34.6 Å². The van der Waals surface area contributed by atoms with Gasteiger partial charge in [0.25, 0.3) is 0 Å². The first-order valence-electron chi connectivity index (χ1n) is 5.42. The van der Waals surface area contributed by atoms with E-state index in [1.807, 2.05) is 0 Å². The Balaban J connectivity index is 3.02. The van der Waals surface area contributed by atoms with Crippen molar-refractivity contribution in [2.45, 2.75) is 26.8 Å². The summed E-state index contributed by atoms with van der Waals surface area (Å²) in [7, 11) is -3.15. The van der Waals surface area contributed by atoms with Crippen LogP contribution in [0.3, 0.4) is 0 Å². The highest BCUT2D eigenvalue weighted by atomic mass is 35.5. The molecule has 1 aromatic heterocycles. The number of aryl methyl sites for hydroxylation is 2. The van der Waals surface area contributed by atoms with E-state index in [4.69, 9.17) is 11.6 Å². The topological polar surface area (TPSA) is 95.1 Å². The molecule has 0 radical (unpaired) electrons. The minimum absolute atomic E-state index is 0.0224. The zero-order chi connectivity index (χ0) is 13.9. The van der Waals surface area contributed by atoms with E-state index in [9.17, 15) is 18.5 Å². The van der Waals surface area contributed by atoms with Gasteiger partial charge >= 0.3 is 5.69 Å². The van der Waals surface area contributed by atoms with E-state index in [0.29, 0.717) is 6.42 Å². The molecule has 0 aromatic carbocycles. The summed E-state index contributed by atoms with van der Waals surface area (Å²) in [6, 6.07) is 0. The average Bonchev–Trinajstić information content (AvgIpc) is 2.63. The second-order valence-corrected chi connectivity index (χ2v) is 6.49. The number of nitro groups is 1. The zero-order valence-corrected chi connectivity index (χ0v) is 11.7. The third-order valence-corrected chi connectivity index (χ3v) is 4.57. The van der Waals surface area contributed by atoms with Crippen molar-refractivity contribution in [3.05, 3.63) is 21.0 Å². The first-order valence-corrected chi connectivity index (χ1v) is 7.62. The molecule has 0 spiro atoms. The number of rotatable bonds is 6. The number of halogens is 1. The molecule has 0 saturated heterocycles. The van der Waals surface area contributed by atoms with Gasteiger partial charge in [-0.2, -0.15) is 5.10 Å². The van der Waals surface area contributed by atoms with E-state index in [0.717, 1.165) is 0 Å². The molecule has 102 valence electrons. The lowest BCUT2D eigenvalue weighted by molar-refractivity contribution is -0.385. The molecule has 0 unspecified atom stereocenters. The van der Waals surface area contributed by atoms with Crippen molar-refractivity contribution < 1.29 is 13.3 Å². The smallest absolute Gasteiger partial charge is 0.258 e. The molecule has 0 N–H and O–H groups in total. The fourth-order valence-electron chi connectivity index (χ4n) is 1.42. The molecule has 9 heteroatoms. The summed E-state index contributed by atoms with van der Waals surface area (Å²) in [6.07, 6.45) is 0.365. The number of hydrogen-bond acceptors (Lipinski definition) is 5.